The molecule has 0 aliphatic carbocycles. The second kappa shape index (κ2) is 4.66. The van der Waals surface area contributed by atoms with Gasteiger partial charge in [-0.1, -0.05) is 12.1 Å². The average molecular weight is 267 g/mol. The fourth-order valence-corrected chi connectivity index (χ4v) is 2.24. The van der Waals surface area contributed by atoms with Crippen LogP contribution in [0.15, 0.2) is 18.2 Å². The highest BCUT2D eigenvalue weighted by Gasteiger charge is 2.33. The van der Waals surface area contributed by atoms with E-state index in [9.17, 15) is 21.6 Å². The van der Waals surface area contributed by atoms with Gasteiger partial charge in [0.15, 0.2) is 9.84 Å². The van der Waals surface area contributed by atoms with Crippen molar-refractivity contribution in [3.8, 4) is 0 Å². The molecule has 17 heavy (non-hydrogen) atoms. The van der Waals surface area contributed by atoms with E-state index in [2.05, 4.69) is 0 Å². The molecule has 0 saturated heterocycles. The molecule has 1 rings (SSSR count). The zero-order chi connectivity index (χ0) is 13.3. The molecule has 0 amide bonds. The normalized spacial score (nSPS) is 12.8. The van der Waals surface area contributed by atoms with Crippen LogP contribution in [0.5, 0.6) is 0 Å². The molecule has 0 aliphatic rings. The van der Waals surface area contributed by atoms with Crippen molar-refractivity contribution >= 4 is 9.84 Å². The van der Waals surface area contributed by atoms with E-state index in [0.29, 0.717) is 0 Å². The van der Waals surface area contributed by atoms with E-state index in [1.54, 1.807) is 0 Å². The van der Waals surface area contributed by atoms with Gasteiger partial charge >= 0.3 is 6.18 Å². The maximum Gasteiger partial charge on any atom is 0.416 e. The van der Waals surface area contributed by atoms with E-state index in [1.165, 1.54) is 12.1 Å². The number of alkyl halides is 3. The first-order valence-electron chi connectivity index (χ1n) is 4.70. The summed E-state index contributed by atoms with van der Waals surface area (Å²) >= 11 is 0. The largest absolute Gasteiger partial charge is 0.416 e. The second-order valence-corrected chi connectivity index (χ2v) is 5.90. The number of hydrogen-bond donors (Lipinski definition) is 1. The van der Waals surface area contributed by atoms with Gasteiger partial charge in [0, 0.05) is 12.8 Å². The summed E-state index contributed by atoms with van der Waals surface area (Å²) in [6.07, 6.45) is -3.56. The highest BCUT2D eigenvalue weighted by Crippen LogP contribution is 2.32. The average Bonchev–Trinajstić information content (AvgIpc) is 2.13. The summed E-state index contributed by atoms with van der Waals surface area (Å²) in [5.41, 5.74) is 4.39. The summed E-state index contributed by atoms with van der Waals surface area (Å²) in [7, 11) is -3.36. The molecule has 0 saturated carbocycles. The Morgan fingerprint density at radius 2 is 1.88 bits per heavy atom. The Bertz CT molecular complexity index is 509. The van der Waals surface area contributed by atoms with Crippen LogP contribution in [-0.4, -0.2) is 14.7 Å². The first-order chi connectivity index (χ1) is 7.63. The summed E-state index contributed by atoms with van der Waals surface area (Å²) in [6, 6.07) is 3.39. The predicted octanol–water partition coefficient (Wildman–Crippen LogP) is 1.71. The molecule has 2 N–H and O–H groups in total. The zero-order valence-electron chi connectivity index (χ0n) is 9.08. The number of rotatable bonds is 3. The van der Waals surface area contributed by atoms with Crippen LogP contribution < -0.4 is 5.73 Å². The van der Waals surface area contributed by atoms with E-state index < -0.39 is 27.3 Å². The van der Waals surface area contributed by atoms with Gasteiger partial charge in [0.25, 0.3) is 0 Å². The minimum Gasteiger partial charge on any atom is -0.326 e. The van der Waals surface area contributed by atoms with E-state index in [-0.39, 0.29) is 17.7 Å². The summed E-state index contributed by atoms with van der Waals surface area (Å²) in [6.45, 7) is -0.242. The molecule has 0 radical (unpaired) electrons. The lowest BCUT2D eigenvalue weighted by Crippen LogP contribution is -2.13. The van der Waals surface area contributed by atoms with Gasteiger partial charge in [0.1, 0.15) is 0 Å². The number of nitrogens with two attached hydrogens (primary N) is 1. The summed E-state index contributed by atoms with van der Waals surface area (Å²) in [5, 5.41) is 0. The maximum atomic E-state index is 12.6. The molecule has 1 aromatic rings. The van der Waals surface area contributed by atoms with E-state index in [1.807, 2.05) is 0 Å². The number of benzene rings is 1. The predicted molar refractivity (Wildman–Crippen MR) is 57.9 cm³/mol. The monoisotopic (exact) mass is 267 g/mol. The molecule has 0 aromatic heterocycles. The Labute approximate surface area is 97.4 Å². The van der Waals surface area contributed by atoms with E-state index in [4.69, 9.17) is 5.73 Å². The van der Waals surface area contributed by atoms with E-state index in [0.717, 1.165) is 12.3 Å². The Morgan fingerprint density at radius 3 is 2.29 bits per heavy atom. The SMILES string of the molecule is CS(=O)(=O)Cc1ccc(CN)c(C(F)(F)F)c1. The lowest BCUT2D eigenvalue weighted by molar-refractivity contribution is -0.138. The van der Waals surface area contributed by atoms with Gasteiger partial charge in [-0.05, 0) is 17.2 Å². The van der Waals surface area contributed by atoms with Crippen LogP contribution >= 0.6 is 0 Å². The minimum atomic E-state index is -4.53. The minimum absolute atomic E-state index is 0.0465. The van der Waals surface area contributed by atoms with Crippen LogP contribution in [0.1, 0.15) is 16.7 Å². The number of halogens is 3. The van der Waals surface area contributed by atoms with Gasteiger partial charge < -0.3 is 5.73 Å². The summed E-state index contributed by atoms with van der Waals surface area (Å²) in [4.78, 5) is 0. The lowest BCUT2D eigenvalue weighted by Gasteiger charge is -2.13. The van der Waals surface area contributed by atoms with Crippen LogP contribution in [0, 0.1) is 0 Å². The molecule has 1 aromatic carbocycles. The van der Waals surface area contributed by atoms with Crippen molar-refractivity contribution in [2.24, 2.45) is 5.73 Å². The first kappa shape index (κ1) is 14.0. The Balaban J connectivity index is 3.23. The van der Waals surface area contributed by atoms with Crippen molar-refractivity contribution < 1.29 is 21.6 Å². The molecule has 0 spiro atoms. The van der Waals surface area contributed by atoms with Gasteiger partial charge in [0.05, 0.1) is 11.3 Å². The Morgan fingerprint density at radius 1 is 1.29 bits per heavy atom. The fourth-order valence-electron chi connectivity index (χ4n) is 1.46. The highest BCUT2D eigenvalue weighted by molar-refractivity contribution is 7.89. The van der Waals surface area contributed by atoms with Gasteiger partial charge in [-0.15, -0.1) is 0 Å². The molecule has 96 valence electrons. The molecule has 0 bridgehead atoms. The molecule has 3 nitrogen and oxygen atoms in total. The molecule has 0 atom stereocenters. The van der Waals surface area contributed by atoms with Crippen LogP contribution in [-0.2, 0) is 28.3 Å². The summed E-state index contributed by atoms with van der Waals surface area (Å²) < 4.78 is 60.0. The van der Waals surface area contributed by atoms with Crippen molar-refractivity contribution in [1.29, 1.82) is 0 Å². The molecule has 7 heteroatoms. The zero-order valence-corrected chi connectivity index (χ0v) is 9.90. The third-order valence-electron chi connectivity index (χ3n) is 2.13. The van der Waals surface area contributed by atoms with E-state index >= 15 is 0 Å². The van der Waals surface area contributed by atoms with Gasteiger partial charge in [-0.3, -0.25) is 0 Å². The van der Waals surface area contributed by atoms with Gasteiger partial charge in [-0.2, -0.15) is 13.2 Å². The highest BCUT2D eigenvalue weighted by atomic mass is 32.2. The molecular weight excluding hydrogens is 255 g/mol. The Kier molecular flexibility index (Phi) is 3.83. The second-order valence-electron chi connectivity index (χ2n) is 3.76. The third kappa shape index (κ3) is 4.01. The van der Waals surface area contributed by atoms with Crippen LogP contribution in [0.2, 0.25) is 0 Å². The quantitative estimate of drug-likeness (QED) is 0.907. The van der Waals surface area contributed by atoms with Crippen LogP contribution in [0.3, 0.4) is 0 Å². The fraction of sp³-hybridized carbons (Fsp3) is 0.400. The van der Waals surface area contributed by atoms with Crippen LogP contribution in [0.4, 0.5) is 13.2 Å². The topological polar surface area (TPSA) is 60.2 Å². The molecule has 0 heterocycles. The summed E-state index contributed by atoms with van der Waals surface area (Å²) in [5.74, 6) is -0.416. The maximum absolute atomic E-state index is 12.6. The molecule has 0 unspecified atom stereocenters. The molecular formula is C10H12F3NO2S. The lowest BCUT2D eigenvalue weighted by atomic mass is 10.0. The van der Waals surface area contributed by atoms with Gasteiger partial charge in [-0.25, -0.2) is 8.42 Å². The van der Waals surface area contributed by atoms with Crippen molar-refractivity contribution in [2.45, 2.75) is 18.5 Å². The van der Waals surface area contributed by atoms with Crippen molar-refractivity contribution in [3.63, 3.8) is 0 Å². The Hall–Kier alpha value is -1.08. The first-order valence-corrected chi connectivity index (χ1v) is 6.76. The van der Waals surface area contributed by atoms with Gasteiger partial charge in [0.2, 0.25) is 0 Å². The smallest absolute Gasteiger partial charge is 0.326 e. The third-order valence-corrected chi connectivity index (χ3v) is 2.99. The molecule has 0 aliphatic heterocycles. The van der Waals surface area contributed by atoms with Crippen molar-refractivity contribution in [3.05, 3.63) is 34.9 Å². The van der Waals surface area contributed by atoms with Crippen LogP contribution in [0.25, 0.3) is 0 Å². The molecule has 0 fully saturated rings. The van der Waals surface area contributed by atoms with Crippen molar-refractivity contribution in [1.82, 2.24) is 0 Å². The standard InChI is InChI=1S/C10H12F3NO2S/c1-17(15,16)6-7-2-3-8(5-14)9(4-7)10(11,12)13/h2-4H,5-6,14H2,1H3. The number of sulfone groups is 1. The van der Waals surface area contributed by atoms with Crippen molar-refractivity contribution in [2.75, 3.05) is 6.26 Å². The number of hydrogen-bond acceptors (Lipinski definition) is 3.